The van der Waals surface area contributed by atoms with Crippen LogP contribution in [0, 0.1) is 10.1 Å². The number of nitro benzene ring substituents is 1. The number of hydrazine groups is 1. The summed E-state index contributed by atoms with van der Waals surface area (Å²) >= 11 is 0. The fraction of sp³-hybridized carbons (Fsp3) is 0.500. The molecule has 1 aliphatic heterocycles. The number of hydrogen-bond donors (Lipinski definition) is 2. The van der Waals surface area contributed by atoms with Crippen LogP contribution in [-0.4, -0.2) is 43.0 Å². The first kappa shape index (κ1) is 13.6. The van der Waals surface area contributed by atoms with Crippen molar-refractivity contribution in [2.75, 3.05) is 43.6 Å². The SMILES string of the molecule is CN1CCCN(c2cccc(NN)c2[N+](=O)[O-])CC1. The minimum Gasteiger partial charge on any atom is -0.365 e. The first-order chi connectivity index (χ1) is 9.13. The van der Waals surface area contributed by atoms with Crippen LogP contribution in [0.15, 0.2) is 18.2 Å². The molecule has 0 unspecified atom stereocenters. The third-order valence-corrected chi connectivity index (χ3v) is 3.41. The molecule has 7 heteroatoms. The van der Waals surface area contributed by atoms with Gasteiger partial charge in [-0.15, -0.1) is 0 Å². The summed E-state index contributed by atoms with van der Waals surface area (Å²) in [5, 5.41) is 11.3. The number of nitrogens with two attached hydrogens (primary N) is 1. The molecule has 0 saturated carbocycles. The van der Waals surface area contributed by atoms with Crippen LogP contribution in [0.2, 0.25) is 0 Å². The lowest BCUT2D eigenvalue weighted by Crippen LogP contribution is -2.29. The van der Waals surface area contributed by atoms with E-state index in [-0.39, 0.29) is 10.6 Å². The lowest BCUT2D eigenvalue weighted by Gasteiger charge is -2.23. The van der Waals surface area contributed by atoms with Crippen molar-refractivity contribution in [1.29, 1.82) is 0 Å². The zero-order valence-corrected chi connectivity index (χ0v) is 11.0. The minimum absolute atomic E-state index is 0.0505. The Kier molecular flexibility index (Phi) is 4.18. The number of rotatable bonds is 3. The fourth-order valence-electron chi connectivity index (χ4n) is 2.38. The molecule has 1 fully saturated rings. The Morgan fingerprint density at radius 1 is 1.32 bits per heavy atom. The van der Waals surface area contributed by atoms with E-state index in [1.807, 2.05) is 0 Å². The number of nitrogens with zero attached hydrogens (tertiary/aromatic N) is 3. The van der Waals surface area contributed by atoms with Crippen LogP contribution in [0.5, 0.6) is 0 Å². The van der Waals surface area contributed by atoms with Crippen molar-refractivity contribution in [2.24, 2.45) is 5.84 Å². The molecule has 1 aliphatic rings. The van der Waals surface area contributed by atoms with Gasteiger partial charge in [-0.2, -0.15) is 0 Å². The third-order valence-electron chi connectivity index (χ3n) is 3.41. The molecular formula is C12H19N5O2. The summed E-state index contributed by atoms with van der Waals surface area (Å²) in [5.74, 6) is 5.36. The van der Waals surface area contributed by atoms with Gasteiger partial charge in [0.25, 0.3) is 0 Å². The average Bonchev–Trinajstić information content (AvgIpc) is 2.62. The van der Waals surface area contributed by atoms with E-state index in [1.165, 1.54) is 0 Å². The summed E-state index contributed by atoms with van der Waals surface area (Å²) in [6, 6.07) is 5.18. The zero-order chi connectivity index (χ0) is 13.8. The minimum atomic E-state index is -0.376. The highest BCUT2D eigenvalue weighted by Crippen LogP contribution is 2.35. The summed E-state index contributed by atoms with van der Waals surface area (Å²) < 4.78 is 0. The molecule has 0 amide bonds. The molecule has 1 aromatic rings. The summed E-state index contributed by atoms with van der Waals surface area (Å²) in [4.78, 5) is 15.2. The Morgan fingerprint density at radius 3 is 2.79 bits per heavy atom. The first-order valence-electron chi connectivity index (χ1n) is 6.31. The average molecular weight is 265 g/mol. The van der Waals surface area contributed by atoms with E-state index in [0.717, 1.165) is 32.6 Å². The molecule has 0 aliphatic carbocycles. The van der Waals surface area contributed by atoms with Gasteiger partial charge in [0.15, 0.2) is 0 Å². The second kappa shape index (κ2) is 5.85. The normalized spacial score (nSPS) is 17.1. The fourth-order valence-corrected chi connectivity index (χ4v) is 2.38. The van der Waals surface area contributed by atoms with Gasteiger partial charge in [0.2, 0.25) is 0 Å². The maximum Gasteiger partial charge on any atom is 0.316 e. The summed E-state index contributed by atoms with van der Waals surface area (Å²) in [6.07, 6.45) is 0.994. The molecule has 0 aromatic heterocycles. The quantitative estimate of drug-likeness (QED) is 0.482. The Balaban J connectivity index is 2.35. The van der Waals surface area contributed by atoms with Crippen molar-refractivity contribution in [3.05, 3.63) is 28.3 Å². The molecule has 0 bridgehead atoms. The van der Waals surface area contributed by atoms with Crippen molar-refractivity contribution in [1.82, 2.24) is 4.90 Å². The maximum atomic E-state index is 11.3. The van der Waals surface area contributed by atoms with Gasteiger partial charge in [-0.1, -0.05) is 6.07 Å². The van der Waals surface area contributed by atoms with Crippen LogP contribution in [-0.2, 0) is 0 Å². The number of nitrogen functional groups attached to an aromatic ring is 1. The Bertz CT molecular complexity index is 465. The number of nitrogens with one attached hydrogen (secondary N) is 1. The highest BCUT2D eigenvalue weighted by molar-refractivity contribution is 5.76. The van der Waals surface area contributed by atoms with Crippen LogP contribution < -0.4 is 16.2 Å². The van der Waals surface area contributed by atoms with E-state index in [0.29, 0.717) is 11.4 Å². The summed E-state index contributed by atoms with van der Waals surface area (Å²) in [5.41, 5.74) is 3.43. The van der Waals surface area contributed by atoms with Crippen LogP contribution in [0.4, 0.5) is 17.1 Å². The van der Waals surface area contributed by atoms with E-state index in [9.17, 15) is 10.1 Å². The predicted octanol–water partition coefficient (Wildman–Crippen LogP) is 1.02. The van der Waals surface area contributed by atoms with Gasteiger partial charge < -0.3 is 15.2 Å². The van der Waals surface area contributed by atoms with E-state index in [2.05, 4.69) is 22.3 Å². The van der Waals surface area contributed by atoms with Crippen molar-refractivity contribution >= 4 is 17.1 Å². The molecule has 19 heavy (non-hydrogen) atoms. The van der Waals surface area contributed by atoms with E-state index < -0.39 is 0 Å². The molecule has 104 valence electrons. The van der Waals surface area contributed by atoms with Gasteiger partial charge >= 0.3 is 5.69 Å². The van der Waals surface area contributed by atoms with Crippen molar-refractivity contribution in [3.63, 3.8) is 0 Å². The number of benzene rings is 1. The van der Waals surface area contributed by atoms with E-state index in [4.69, 9.17) is 5.84 Å². The van der Waals surface area contributed by atoms with Crippen LogP contribution in [0.25, 0.3) is 0 Å². The molecule has 3 N–H and O–H groups in total. The van der Waals surface area contributed by atoms with Crippen molar-refractivity contribution in [2.45, 2.75) is 6.42 Å². The first-order valence-corrected chi connectivity index (χ1v) is 6.31. The molecule has 1 heterocycles. The summed E-state index contributed by atoms with van der Waals surface area (Å²) in [6.45, 7) is 3.52. The topological polar surface area (TPSA) is 87.7 Å². The molecule has 0 spiro atoms. The van der Waals surface area contributed by atoms with Gasteiger partial charge in [0.1, 0.15) is 11.4 Å². The number of anilines is 2. The van der Waals surface area contributed by atoms with Gasteiger partial charge in [-0.05, 0) is 32.1 Å². The Hall–Kier alpha value is -1.86. The number of likely N-dealkylation sites (N-methyl/N-ethyl adjacent to an activating group) is 1. The molecular weight excluding hydrogens is 246 g/mol. The summed E-state index contributed by atoms with van der Waals surface area (Å²) in [7, 11) is 2.07. The molecule has 1 aromatic carbocycles. The maximum absolute atomic E-state index is 11.3. The molecule has 7 nitrogen and oxygen atoms in total. The standard InChI is InChI=1S/C12H19N5O2/c1-15-6-3-7-16(9-8-15)11-5-2-4-10(14-13)12(11)17(18)19/h2,4-5,14H,3,6-9,13H2,1H3. The molecule has 0 radical (unpaired) electrons. The van der Waals surface area contributed by atoms with E-state index in [1.54, 1.807) is 18.2 Å². The van der Waals surface area contributed by atoms with Crippen LogP contribution >= 0.6 is 0 Å². The predicted molar refractivity (Wildman–Crippen MR) is 75.2 cm³/mol. The van der Waals surface area contributed by atoms with Crippen molar-refractivity contribution in [3.8, 4) is 0 Å². The number of para-hydroxylation sites is 1. The molecule has 2 rings (SSSR count). The van der Waals surface area contributed by atoms with Crippen LogP contribution in [0.1, 0.15) is 6.42 Å². The lowest BCUT2D eigenvalue weighted by molar-refractivity contribution is -0.383. The smallest absolute Gasteiger partial charge is 0.316 e. The largest absolute Gasteiger partial charge is 0.365 e. The Labute approximate surface area is 112 Å². The van der Waals surface area contributed by atoms with Gasteiger partial charge in [-0.3, -0.25) is 16.0 Å². The molecule has 1 saturated heterocycles. The number of nitro groups is 1. The second-order valence-corrected chi connectivity index (χ2v) is 4.72. The Morgan fingerprint density at radius 2 is 2.11 bits per heavy atom. The zero-order valence-electron chi connectivity index (χ0n) is 11.0. The molecule has 0 atom stereocenters. The van der Waals surface area contributed by atoms with E-state index >= 15 is 0 Å². The second-order valence-electron chi connectivity index (χ2n) is 4.72. The third kappa shape index (κ3) is 2.94. The van der Waals surface area contributed by atoms with Gasteiger partial charge in [0, 0.05) is 19.6 Å². The monoisotopic (exact) mass is 265 g/mol. The lowest BCUT2D eigenvalue weighted by atomic mass is 10.2. The van der Waals surface area contributed by atoms with Gasteiger partial charge in [0.05, 0.1) is 4.92 Å². The highest BCUT2D eigenvalue weighted by Gasteiger charge is 2.24. The van der Waals surface area contributed by atoms with Gasteiger partial charge in [-0.25, -0.2) is 0 Å². The van der Waals surface area contributed by atoms with Crippen molar-refractivity contribution < 1.29 is 4.92 Å². The number of hydrogen-bond acceptors (Lipinski definition) is 6. The highest BCUT2D eigenvalue weighted by atomic mass is 16.6. The van der Waals surface area contributed by atoms with Crippen LogP contribution in [0.3, 0.4) is 0 Å².